The van der Waals surface area contributed by atoms with E-state index in [9.17, 15) is 0 Å². The summed E-state index contributed by atoms with van der Waals surface area (Å²) in [5.74, 6) is 1.58. The van der Waals surface area contributed by atoms with Crippen LogP contribution in [0.15, 0.2) is 52.4 Å². The standard InChI is InChI=1S/C21H25NO2S/c1-21(2,3)19-13-24-20(22-19)15-9-10-18(23-4)17(12-15)14-7-6-8-16(11-14)25-5/h6-12,19H,13H2,1-5H3/t19-/m1/s1. The fourth-order valence-electron chi connectivity index (χ4n) is 2.83. The Bertz CT molecular complexity index is 793. The topological polar surface area (TPSA) is 30.8 Å². The molecular formula is C21H25NO2S. The van der Waals surface area contributed by atoms with Gasteiger partial charge in [0.1, 0.15) is 12.4 Å². The predicted octanol–water partition coefficient (Wildman–Crippen LogP) is 5.28. The van der Waals surface area contributed by atoms with Crippen LogP contribution in [0.25, 0.3) is 11.1 Å². The Labute approximate surface area is 154 Å². The molecule has 0 saturated heterocycles. The van der Waals surface area contributed by atoms with Crippen molar-refractivity contribution in [2.45, 2.75) is 31.7 Å². The van der Waals surface area contributed by atoms with Gasteiger partial charge in [0.25, 0.3) is 0 Å². The van der Waals surface area contributed by atoms with Gasteiger partial charge in [0.05, 0.1) is 13.2 Å². The zero-order valence-electron chi connectivity index (χ0n) is 15.5. The summed E-state index contributed by atoms with van der Waals surface area (Å²) in [6.45, 7) is 7.23. The molecule has 0 bridgehead atoms. The van der Waals surface area contributed by atoms with Crippen LogP contribution >= 0.6 is 11.8 Å². The van der Waals surface area contributed by atoms with Crippen molar-refractivity contribution in [2.24, 2.45) is 10.4 Å². The highest BCUT2D eigenvalue weighted by Crippen LogP contribution is 2.34. The van der Waals surface area contributed by atoms with E-state index >= 15 is 0 Å². The molecule has 3 nitrogen and oxygen atoms in total. The van der Waals surface area contributed by atoms with Gasteiger partial charge in [0.15, 0.2) is 0 Å². The first kappa shape index (κ1) is 17.9. The lowest BCUT2D eigenvalue weighted by molar-refractivity contribution is 0.236. The second-order valence-electron chi connectivity index (χ2n) is 7.27. The summed E-state index contributed by atoms with van der Waals surface area (Å²) < 4.78 is 11.5. The summed E-state index contributed by atoms with van der Waals surface area (Å²) in [6.07, 6.45) is 2.08. The van der Waals surface area contributed by atoms with E-state index in [1.165, 1.54) is 4.90 Å². The first-order valence-electron chi connectivity index (χ1n) is 8.46. The number of aliphatic imine (C=N–C) groups is 1. The summed E-state index contributed by atoms with van der Waals surface area (Å²) >= 11 is 1.73. The van der Waals surface area contributed by atoms with Gasteiger partial charge in [-0.25, -0.2) is 4.99 Å². The Kier molecular flexibility index (Phi) is 5.09. The Morgan fingerprint density at radius 1 is 1.12 bits per heavy atom. The molecule has 2 aromatic rings. The third-order valence-electron chi connectivity index (χ3n) is 4.48. The number of methoxy groups -OCH3 is 1. The largest absolute Gasteiger partial charge is 0.496 e. The number of hydrogen-bond acceptors (Lipinski definition) is 4. The zero-order valence-corrected chi connectivity index (χ0v) is 16.3. The maximum absolute atomic E-state index is 5.89. The molecule has 3 rings (SSSR count). The molecule has 4 heteroatoms. The molecule has 0 unspecified atom stereocenters. The Hall–Kier alpha value is -1.94. The minimum Gasteiger partial charge on any atom is -0.496 e. The van der Waals surface area contributed by atoms with Crippen molar-refractivity contribution >= 4 is 17.7 Å². The van der Waals surface area contributed by atoms with Crippen LogP contribution in [0.3, 0.4) is 0 Å². The number of hydrogen-bond donors (Lipinski definition) is 0. The summed E-state index contributed by atoms with van der Waals surface area (Å²) in [5, 5.41) is 0. The molecule has 1 atom stereocenters. The molecule has 1 aliphatic rings. The second-order valence-corrected chi connectivity index (χ2v) is 8.15. The average Bonchev–Trinajstić information content (AvgIpc) is 3.12. The molecule has 132 valence electrons. The molecule has 1 heterocycles. The van der Waals surface area contributed by atoms with E-state index in [0.29, 0.717) is 6.61 Å². The van der Waals surface area contributed by atoms with Crippen molar-refractivity contribution < 1.29 is 9.47 Å². The summed E-state index contributed by atoms with van der Waals surface area (Å²) in [4.78, 5) is 6.03. The molecule has 1 aliphatic heterocycles. The minimum absolute atomic E-state index is 0.101. The van der Waals surface area contributed by atoms with Crippen molar-refractivity contribution in [2.75, 3.05) is 20.0 Å². The average molecular weight is 356 g/mol. The lowest BCUT2D eigenvalue weighted by Gasteiger charge is -2.21. The van der Waals surface area contributed by atoms with Crippen LogP contribution in [0.5, 0.6) is 5.75 Å². The van der Waals surface area contributed by atoms with Crippen LogP contribution in [0.1, 0.15) is 26.3 Å². The van der Waals surface area contributed by atoms with E-state index in [2.05, 4.69) is 57.4 Å². The molecule has 0 aliphatic carbocycles. The third-order valence-corrected chi connectivity index (χ3v) is 5.20. The molecule has 2 aromatic carbocycles. The minimum atomic E-state index is 0.101. The maximum atomic E-state index is 5.89. The summed E-state index contributed by atoms with van der Waals surface area (Å²) in [7, 11) is 1.70. The van der Waals surface area contributed by atoms with Gasteiger partial charge >= 0.3 is 0 Å². The van der Waals surface area contributed by atoms with Crippen LogP contribution in [0.2, 0.25) is 0 Å². The quantitative estimate of drug-likeness (QED) is 0.700. The zero-order chi connectivity index (χ0) is 18.0. The van der Waals surface area contributed by atoms with Gasteiger partial charge in [-0.05, 0) is 47.6 Å². The molecule has 0 saturated carbocycles. The van der Waals surface area contributed by atoms with E-state index in [-0.39, 0.29) is 11.5 Å². The maximum Gasteiger partial charge on any atom is 0.216 e. The molecule has 0 aromatic heterocycles. The Morgan fingerprint density at radius 2 is 1.92 bits per heavy atom. The van der Waals surface area contributed by atoms with Crippen molar-refractivity contribution in [3.8, 4) is 16.9 Å². The molecule has 25 heavy (non-hydrogen) atoms. The number of thioether (sulfide) groups is 1. The van der Waals surface area contributed by atoms with Crippen molar-refractivity contribution in [3.63, 3.8) is 0 Å². The molecule has 0 radical (unpaired) electrons. The van der Waals surface area contributed by atoms with Gasteiger partial charge in [0, 0.05) is 16.0 Å². The second kappa shape index (κ2) is 7.12. The van der Waals surface area contributed by atoms with Crippen LogP contribution in [-0.4, -0.2) is 31.9 Å². The smallest absolute Gasteiger partial charge is 0.216 e. The SMILES string of the molecule is COc1ccc(C2=N[C@@H](C(C)(C)C)CO2)cc1-c1cccc(SC)c1. The first-order chi connectivity index (χ1) is 11.9. The molecule has 0 amide bonds. The molecular weight excluding hydrogens is 330 g/mol. The molecule has 0 N–H and O–H groups in total. The van der Waals surface area contributed by atoms with E-state index in [1.807, 2.05) is 12.1 Å². The van der Waals surface area contributed by atoms with Crippen LogP contribution in [0.4, 0.5) is 0 Å². The fourth-order valence-corrected chi connectivity index (χ4v) is 3.29. The third kappa shape index (κ3) is 3.84. The van der Waals surface area contributed by atoms with Gasteiger partial charge < -0.3 is 9.47 Å². The normalized spacial score (nSPS) is 17.2. The van der Waals surface area contributed by atoms with E-state index < -0.39 is 0 Å². The van der Waals surface area contributed by atoms with E-state index in [1.54, 1.807) is 18.9 Å². The molecule has 0 spiro atoms. The number of rotatable bonds is 4. The number of ether oxygens (including phenoxy) is 2. The number of nitrogens with zero attached hydrogens (tertiary/aromatic N) is 1. The van der Waals surface area contributed by atoms with Crippen molar-refractivity contribution in [1.82, 2.24) is 0 Å². The first-order valence-corrected chi connectivity index (χ1v) is 9.68. The molecule has 0 fully saturated rings. The Balaban J connectivity index is 2.01. The summed E-state index contributed by atoms with van der Waals surface area (Å²) in [5.41, 5.74) is 3.29. The van der Waals surface area contributed by atoms with Crippen molar-refractivity contribution in [1.29, 1.82) is 0 Å². The highest BCUT2D eigenvalue weighted by atomic mass is 32.2. The number of benzene rings is 2. The predicted molar refractivity (Wildman–Crippen MR) is 106 cm³/mol. The fraction of sp³-hybridized carbons (Fsp3) is 0.381. The monoisotopic (exact) mass is 355 g/mol. The van der Waals surface area contributed by atoms with Crippen LogP contribution in [0, 0.1) is 5.41 Å². The van der Waals surface area contributed by atoms with Gasteiger partial charge in [-0.2, -0.15) is 0 Å². The highest BCUT2D eigenvalue weighted by Gasteiger charge is 2.30. The Morgan fingerprint density at radius 3 is 2.56 bits per heavy atom. The van der Waals surface area contributed by atoms with Gasteiger partial charge in [0.2, 0.25) is 5.90 Å². The van der Waals surface area contributed by atoms with Crippen LogP contribution in [-0.2, 0) is 4.74 Å². The van der Waals surface area contributed by atoms with Crippen molar-refractivity contribution in [3.05, 3.63) is 48.0 Å². The lowest BCUT2D eigenvalue weighted by Crippen LogP contribution is -2.25. The van der Waals surface area contributed by atoms with Crippen LogP contribution < -0.4 is 4.74 Å². The van der Waals surface area contributed by atoms with Gasteiger partial charge in [-0.3, -0.25) is 0 Å². The highest BCUT2D eigenvalue weighted by molar-refractivity contribution is 7.98. The van der Waals surface area contributed by atoms with Gasteiger partial charge in [-0.1, -0.05) is 32.9 Å². The lowest BCUT2D eigenvalue weighted by atomic mass is 9.88. The van der Waals surface area contributed by atoms with Gasteiger partial charge in [-0.15, -0.1) is 11.8 Å². The van der Waals surface area contributed by atoms with E-state index in [4.69, 9.17) is 14.5 Å². The summed E-state index contributed by atoms with van der Waals surface area (Å²) in [6, 6.07) is 14.8. The van der Waals surface area contributed by atoms with E-state index in [0.717, 1.165) is 28.3 Å².